The summed E-state index contributed by atoms with van der Waals surface area (Å²) < 4.78 is 34.4. The van der Waals surface area contributed by atoms with Crippen molar-refractivity contribution in [2.45, 2.75) is 58.6 Å². The van der Waals surface area contributed by atoms with Crippen LogP contribution in [0.3, 0.4) is 0 Å². The fourth-order valence-electron chi connectivity index (χ4n) is 3.02. The standard InChI is InChI=1S/C19H28O5S/c1-13(2)25(21,22)7-5-6-14(3)8-17(20)10-16-9-15(4)19-18(11-16)23-12-24-19/h9,11,13-14H,5-8,10,12H2,1-4H3. The van der Waals surface area contributed by atoms with Gasteiger partial charge in [0.15, 0.2) is 21.3 Å². The first kappa shape index (κ1) is 19.8. The van der Waals surface area contributed by atoms with Crippen molar-refractivity contribution in [1.29, 1.82) is 0 Å². The molecule has 0 bridgehead atoms. The van der Waals surface area contributed by atoms with Crippen LogP contribution in [0.2, 0.25) is 0 Å². The molecule has 1 atom stereocenters. The molecule has 0 aromatic heterocycles. The number of fused-ring (bicyclic) bond motifs is 1. The molecule has 0 saturated heterocycles. The lowest BCUT2D eigenvalue weighted by atomic mass is 9.95. The van der Waals surface area contributed by atoms with E-state index >= 15 is 0 Å². The van der Waals surface area contributed by atoms with E-state index in [0.717, 1.165) is 23.3 Å². The zero-order valence-electron chi connectivity index (χ0n) is 15.5. The number of ketones is 1. The number of carbonyl (C=O) groups excluding carboxylic acids is 1. The maximum Gasteiger partial charge on any atom is 0.231 e. The van der Waals surface area contributed by atoms with Crippen LogP contribution in [-0.4, -0.2) is 32.0 Å². The number of rotatable bonds is 9. The highest BCUT2D eigenvalue weighted by molar-refractivity contribution is 7.91. The van der Waals surface area contributed by atoms with Crippen LogP contribution in [0.1, 0.15) is 51.2 Å². The van der Waals surface area contributed by atoms with E-state index in [4.69, 9.17) is 9.47 Å². The summed E-state index contributed by atoms with van der Waals surface area (Å²) in [6.45, 7) is 7.58. The molecule has 25 heavy (non-hydrogen) atoms. The molecule has 1 aliphatic heterocycles. The fourth-order valence-corrected chi connectivity index (χ4v) is 4.06. The second-order valence-electron chi connectivity index (χ2n) is 7.23. The SMILES string of the molecule is Cc1cc(CC(=O)CC(C)CCCS(=O)(=O)C(C)C)cc2c1OCO2. The van der Waals surface area contributed by atoms with E-state index in [9.17, 15) is 13.2 Å². The van der Waals surface area contributed by atoms with E-state index in [2.05, 4.69) is 0 Å². The van der Waals surface area contributed by atoms with Crippen LogP contribution in [-0.2, 0) is 21.1 Å². The molecular weight excluding hydrogens is 340 g/mol. The lowest BCUT2D eigenvalue weighted by Crippen LogP contribution is -2.18. The molecular formula is C19H28O5S. The summed E-state index contributed by atoms with van der Waals surface area (Å²) in [5.41, 5.74) is 1.91. The topological polar surface area (TPSA) is 69.7 Å². The van der Waals surface area contributed by atoms with Crippen LogP contribution < -0.4 is 9.47 Å². The van der Waals surface area contributed by atoms with Crippen LogP contribution >= 0.6 is 0 Å². The number of sulfone groups is 1. The van der Waals surface area contributed by atoms with E-state index < -0.39 is 9.84 Å². The molecule has 140 valence electrons. The molecule has 2 rings (SSSR count). The van der Waals surface area contributed by atoms with E-state index in [1.807, 2.05) is 26.0 Å². The van der Waals surface area contributed by atoms with Gasteiger partial charge in [-0.15, -0.1) is 0 Å². The zero-order valence-corrected chi connectivity index (χ0v) is 16.3. The molecule has 1 aromatic rings. The van der Waals surface area contributed by atoms with Gasteiger partial charge in [-0.25, -0.2) is 8.42 Å². The summed E-state index contributed by atoms with van der Waals surface area (Å²) in [6.07, 6.45) is 2.19. The van der Waals surface area contributed by atoms with E-state index in [0.29, 0.717) is 25.0 Å². The van der Waals surface area contributed by atoms with E-state index in [-0.39, 0.29) is 29.5 Å². The number of hydrogen-bond acceptors (Lipinski definition) is 5. The molecule has 1 unspecified atom stereocenters. The third-order valence-corrected chi connectivity index (χ3v) is 6.83. The average molecular weight is 368 g/mol. The van der Waals surface area contributed by atoms with Crippen molar-refractivity contribution in [2.75, 3.05) is 12.5 Å². The number of Topliss-reactive ketones (excluding diaryl/α,β-unsaturated/α-hetero) is 1. The number of ether oxygens (including phenoxy) is 2. The summed E-state index contributed by atoms with van der Waals surface area (Å²) >= 11 is 0. The highest BCUT2D eigenvalue weighted by Crippen LogP contribution is 2.36. The molecule has 0 radical (unpaired) electrons. The predicted molar refractivity (Wildman–Crippen MR) is 98.0 cm³/mol. The summed E-state index contributed by atoms with van der Waals surface area (Å²) in [6, 6.07) is 3.83. The molecule has 1 aliphatic rings. The van der Waals surface area contributed by atoms with Gasteiger partial charge < -0.3 is 9.47 Å². The molecule has 0 aliphatic carbocycles. The summed E-state index contributed by atoms with van der Waals surface area (Å²) in [5, 5.41) is -0.335. The first-order valence-corrected chi connectivity index (χ1v) is 10.5. The predicted octanol–water partition coefficient (Wildman–Crippen LogP) is 3.46. The summed E-state index contributed by atoms with van der Waals surface area (Å²) in [4.78, 5) is 12.3. The molecule has 0 fully saturated rings. The minimum absolute atomic E-state index is 0.164. The molecule has 0 saturated carbocycles. The maximum atomic E-state index is 12.3. The fraction of sp³-hybridized carbons (Fsp3) is 0.632. The second-order valence-corrected chi connectivity index (χ2v) is 9.91. The van der Waals surface area contributed by atoms with Crippen LogP contribution in [0.4, 0.5) is 0 Å². The minimum Gasteiger partial charge on any atom is -0.454 e. The lowest BCUT2D eigenvalue weighted by Gasteiger charge is -2.12. The Morgan fingerprint density at radius 1 is 1.20 bits per heavy atom. The molecule has 0 spiro atoms. The maximum absolute atomic E-state index is 12.3. The minimum atomic E-state index is -2.99. The van der Waals surface area contributed by atoms with E-state index in [1.54, 1.807) is 13.8 Å². The van der Waals surface area contributed by atoms with Gasteiger partial charge in [0.05, 0.1) is 11.0 Å². The van der Waals surface area contributed by atoms with Crippen molar-refractivity contribution in [2.24, 2.45) is 5.92 Å². The van der Waals surface area contributed by atoms with Crippen LogP contribution in [0, 0.1) is 12.8 Å². The monoisotopic (exact) mass is 368 g/mol. The smallest absolute Gasteiger partial charge is 0.231 e. The quantitative estimate of drug-likeness (QED) is 0.667. The van der Waals surface area contributed by atoms with Gasteiger partial charge in [-0.1, -0.05) is 13.0 Å². The van der Waals surface area contributed by atoms with Crippen molar-refractivity contribution in [1.82, 2.24) is 0 Å². The van der Waals surface area contributed by atoms with Gasteiger partial charge in [0.2, 0.25) is 6.79 Å². The van der Waals surface area contributed by atoms with Crippen molar-refractivity contribution in [3.8, 4) is 11.5 Å². The van der Waals surface area contributed by atoms with Crippen molar-refractivity contribution in [3.63, 3.8) is 0 Å². The molecule has 1 aromatic carbocycles. The van der Waals surface area contributed by atoms with Crippen molar-refractivity contribution < 1.29 is 22.7 Å². The summed E-state index contributed by atoms with van der Waals surface area (Å²) in [5.74, 6) is 2.01. The largest absolute Gasteiger partial charge is 0.454 e. The Labute approximate surface area is 150 Å². The van der Waals surface area contributed by atoms with Gasteiger partial charge in [-0.05, 0) is 56.7 Å². The molecule has 5 nitrogen and oxygen atoms in total. The van der Waals surface area contributed by atoms with Crippen molar-refractivity contribution in [3.05, 3.63) is 23.3 Å². The Bertz CT molecular complexity index is 722. The Kier molecular flexibility index (Phi) is 6.49. The molecule has 1 heterocycles. The first-order chi connectivity index (χ1) is 11.7. The lowest BCUT2D eigenvalue weighted by molar-refractivity contribution is -0.119. The number of aryl methyl sites for hydroxylation is 1. The molecule has 0 N–H and O–H groups in total. The Morgan fingerprint density at radius 3 is 2.60 bits per heavy atom. The Hall–Kier alpha value is -1.56. The molecule has 0 amide bonds. The number of hydrogen-bond donors (Lipinski definition) is 0. The normalized spacial score (nSPS) is 14.8. The van der Waals surface area contributed by atoms with Gasteiger partial charge in [-0.3, -0.25) is 4.79 Å². The Morgan fingerprint density at radius 2 is 1.92 bits per heavy atom. The Balaban J connectivity index is 1.81. The summed E-state index contributed by atoms with van der Waals surface area (Å²) in [7, 11) is -2.99. The van der Waals surface area contributed by atoms with Crippen LogP contribution in [0.15, 0.2) is 12.1 Å². The van der Waals surface area contributed by atoms with Gasteiger partial charge >= 0.3 is 0 Å². The van der Waals surface area contributed by atoms with Gasteiger partial charge in [0, 0.05) is 12.8 Å². The average Bonchev–Trinajstić information content (AvgIpc) is 2.95. The second kappa shape index (κ2) is 8.21. The third-order valence-electron chi connectivity index (χ3n) is 4.54. The van der Waals surface area contributed by atoms with Crippen LogP contribution in [0.25, 0.3) is 0 Å². The first-order valence-electron chi connectivity index (χ1n) is 8.81. The number of benzene rings is 1. The number of carbonyl (C=O) groups is 1. The van der Waals surface area contributed by atoms with Gasteiger partial charge in [0.25, 0.3) is 0 Å². The van der Waals surface area contributed by atoms with Gasteiger partial charge in [-0.2, -0.15) is 0 Å². The van der Waals surface area contributed by atoms with Gasteiger partial charge in [0.1, 0.15) is 5.78 Å². The van der Waals surface area contributed by atoms with Crippen molar-refractivity contribution >= 4 is 15.6 Å². The van der Waals surface area contributed by atoms with E-state index in [1.165, 1.54) is 0 Å². The highest BCUT2D eigenvalue weighted by Gasteiger charge is 2.19. The highest BCUT2D eigenvalue weighted by atomic mass is 32.2. The zero-order chi connectivity index (χ0) is 18.6. The third kappa shape index (κ3) is 5.46. The van der Waals surface area contributed by atoms with Crippen LogP contribution in [0.5, 0.6) is 11.5 Å². The molecule has 6 heteroatoms.